The van der Waals surface area contributed by atoms with E-state index in [-0.39, 0.29) is 17.6 Å². The van der Waals surface area contributed by atoms with Crippen molar-refractivity contribution in [1.29, 1.82) is 0 Å². The Hall–Kier alpha value is -1.38. The number of rotatable bonds is 2. The van der Waals surface area contributed by atoms with Gasteiger partial charge in [-0.25, -0.2) is 0 Å². The van der Waals surface area contributed by atoms with Gasteiger partial charge < -0.3 is 9.21 Å². The summed E-state index contributed by atoms with van der Waals surface area (Å²) in [5.74, 6) is 0.695. The fourth-order valence-corrected chi connectivity index (χ4v) is 1.84. The third kappa shape index (κ3) is 1.41. The van der Waals surface area contributed by atoms with E-state index in [4.69, 9.17) is 4.42 Å². The zero-order chi connectivity index (χ0) is 9.26. The van der Waals surface area contributed by atoms with E-state index in [9.17, 15) is 9.59 Å². The summed E-state index contributed by atoms with van der Waals surface area (Å²) in [5, 5.41) is 0. The maximum absolute atomic E-state index is 11.1. The van der Waals surface area contributed by atoms with Crippen LogP contribution in [0.5, 0.6) is 0 Å². The lowest BCUT2D eigenvalue weighted by atomic mass is 9.95. The number of ketones is 1. The number of carbonyl (C=O) groups is 2. The second kappa shape index (κ2) is 3.17. The quantitative estimate of drug-likeness (QED) is 0.645. The average Bonchev–Trinajstić information content (AvgIpc) is 2.71. The first kappa shape index (κ1) is 8.23. The highest BCUT2D eigenvalue weighted by Crippen LogP contribution is 2.36. The molecule has 1 aromatic rings. The van der Waals surface area contributed by atoms with E-state index in [2.05, 4.69) is 0 Å². The minimum atomic E-state index is -0.182. The van der Waals surface area contributed by atoms with Crippen molar-refractivity contribution in [3.8, 4) is 0 Å². The molecule has 1 heterocycles. The van der Waals surface area contributed by atoms with Crippen molar-refractivity contribution >= 4 is 12.1 Å². The van der Waals surface area contributed by atoms with Crippen molar-refractivity contribution < 1.29 is 14.0 Å². The largest absolute Gasteiger partial charge is 0.469 e. The number of hydrogen-bond acceptors (Lipinski definition) is 3. The van der Waals surface area contributed by atoms with Gasteiger partial charge in [-0.15, -0.1) is 0 Å². The van der Waals surface area contributed by atoms with Crippen molar-refractivity contribution in [1.82, 2.24) is 0 Å². The third-order valence-electron chi connectivity index (χ3n) is 2.51. The normalized spacial score (nSPS) is 27.8. The van der Waals surface area contributed by atoms with Crippen LogP contribution in [-0.2, 0) is 9.59 Å². The predicted octanol–water partition coefficient (Wildman–Crippen LogP) is 1.54. The molecule has 0 saturated heterocycles. The van der Waals surface area contributed by atoms with E-state index in [1.165, 1.54) is 0 Å². The van der Waals surface area contributed by atoms with Crippen molar-refractivity contribution in [2.75, 3.05) is 0 Å². The van der Waals surface area contributed by atoms with Crippen LogP contribution in [0.25, 0.3) is 0 Å². The van der Waals surface area contributed by atoms with E-state index >= 15 is 0 Å². The van der Waals surface area contributed by atoms with Gasteiger partial charge in [-0.1, -0.05) is 0 Å². The van der Waals surface area contributed by atoms with Gasteiger partial charge in [0.2, 0.25) is 0 Å². The van der Waals surface area contributed by atoms with E-state index in [1.807, 2.05) is 6.07 Å². The molecule has 13 heavy (non-hydrogen) atoms. The topological polar surface area (TPSA) is 47.3 Å². The first-order valence-electron chi connectivity index (χ1n) is 4.31. The van der Waals surface area contributed by atoms with Gasteiger partial charge in [0.15, 0.2) is 0 Å². The Labute approximate surface area is 75.7 Å². The van der Waals surface area contributed by atoms with Crippen LogP contribution in [0.2, 0.25) is 0 Å². The maximum atomic E-state index is 11.1. The molecule has 1 aliphatic carbocycles. The fourth-order valence-electron chi connectivity index (χ4n) is 1.84. The Morgan fingerprint density at radius 3 is 2.92 bits per heavy atom. The van der Waals surface area contributed by atoms with E-state index in [0.29, 0.717) is 12.8 Å². The summed E-state index contributed by atoms with van der Waals surface area (Å²) in [4.78, 5) is 21.8. The van der Waals surface area contributed by atoms with E-state index < -0.39 is 0 Å². The molecule has 0 bridgehead atoms. The summed E-state index contributed by atoms with van der Waals surface area (Å²) in [6.45, 7) is 0. The fraction of sp³-hybridized carbons (Fsp3) is 0.400. The zero-order valence-electron chi connectivity index (χ0n) is 7.10. The van der Waals surface area contributed by atoms with E-state index in [0.717, 1.165) is 12.0 Å². The molecule has 0 N–H and O–H groups in total. The summed E-state index contributed by atoms with van der Waals surface area (Å²) in [6, 6.07) is 3.60. The molecule has 68 valence electrons. The highest BCUT2D eigenvalue weighted by Gasteiger charge is 2.35. The maximum Gasteiger partial charge on any atom is 0.134 e. The smallest absolute Gasteiger partial charge is 0.134 e. The van der Waals surface area contributed by atoms with Gasteiger partial charge in [0.1, 0.15) is 17.8 Å². The van der Waals surface area contributed by atoms with Crippen molar-refractivity contribution in [2.45, 2.75) is 18.8 Å². The highest BCUT2D eigenvalue weighted by molar-refractivity contribution is 5.86. The SMILES string of the molecule is O=C[C@@H]1CC(=O)C[C@H]1c1ccco1. The number of aldehydes is 1. The van der Waals surface area contributed by atoms with Crippen molar-refractivity contribution in [3.05, 3.63) is 24.2 Å². The predicted molar refractivity (Wildman–Crippen MR) is 45.2 cm³/mol. The molecule has 1 aliphatic rings. The minimum Gasteiger partial charge on any atom is -0.469 e. The molecule has 0 aliphatic heterocycles. The third-order valence-corrected chi connectivity index (χ3v) is 2.51. The molecule has 3 heteroatoms. The van der Waals surface area contributed by atoms with Crippen LogP contribution in [0.3, 0.4) is 0 Å². The monoisotopic (exact) mass is 178 g/mol. The van der Waals surface area contributed by atoms with Gasteiger partial charge >= 0.3 is 0 Å². The molecule has 1 saturated carbocycles. The van der Waals surface area contributed by atoms with Crippen molar-refractivity contribution in [3.63, 3.8) is 0 Å². The Bertz CT molecular complexity index is 313. The van der Waals surface area contributed by atoms with Crippen LogP contribution in [0.4, 0.5) is 0 Å². The Morgan fingerprint density at radius 2 is 2.31 bits per heavy atom. The first-order chi connectivity index (χ1) is 6.31. The van der Waals surface area contributed by atoms with Gasteiger partial charge in [0, 0.05) is 24.7 Å². The van der Waals surface area contributed by atoms with Crippen LogP contribution >= 0.6 is 0 Å². The second-order valence-electron chi connectivity index (χ2n) is 3.37. The molecule has 0 radical (unpaired) electrons. The molecule has 1 aromatic heterocycles. The number of carbonyl (C=O) groups excluding carboxylic acids is 2. The molecule has 3 nitrogen and oxygen atoms in total. The Morgan fingerprint density at radius 1 is 1.46 bits per heavy atom. The Balaban J connectivity index is 2.23. The molecule has 0 amide bonds. The molecular weight excluding hydrogens is 168 g/mol. The van der Waals surface area contributed by atoms with Gasteiger partial charge in [0.25, 0.3) is 0 Å². The first-order valence-corrected chi connectivity index (χ1v) is 4.31. The van der Waals surface area contributed by atoms with Gasteiger partial charge in [-0.2, -0.15) is 0 Å². The number of Topliss-reactive ketones (excluding diaryl/α,β-unsaturated/α-hetero) is 1. The lowest BCUT2D eigenvalue weighted by molar-refractivity contribution is -0.119. The van der Waals surface area contributed by atoms with Crippen LogP contribution in [0.1, 0.15) is 24.5 Å². The summed E-state index contributed by atoms with van der Waals surface area (Å²) in [5.41, 5.74) is 0. The van der Waals surface area contributed by atoms with Crippen molar-refractivity contribution in [2.24, 2.45) is 5.92 Å². The molecule has 0 spiro atoms. The van der Waals surface area contributed by atoms with Gasteiger partial charge in [0.05, 0.1) is 6.26 Å². The van der Waals surface area contributed by atoms with Crippen LogP contribution in [-0.4, -0.2) is 12.1 Å². The highest BCUT2D eigenvalue weighted by atomic mass is 16.3. The molecule has 2 rings (SSSR count). The standard InChI is InChI=1S/C10H10O3/c11-6-7-4-8(12)5-9(7)10-2-1-3-13-10/h1-3,6-7,9H,4-5H2/t7-,9+/m0/s1. The van der Waals surface area contributed by atoms with Crippen LogP contribution < -0.4 is 0 Å². The van der Waals surface area contributed by atoms with E-state index in [1.54, 1.807) is 12.3 Å². The van der Waals surface area contributed by atoms with Crippen LogP contribution in [0.15, 0.2) is 22.8 Å². The van der Waals surface area contributed by atoms with Crippen LogP contribution in [0, 0.1) is 5.92 Å². The molecule has 1 fully saturated rings. The summed E-state index contributed by atoms with van der Waals surface area (Å²) in [7, 11) is 0. The summed E-state index contributed by atoms with van der Waals surface area (Å²) >= 11 is 0. The molecular formula is C10H10O3. The average molecular weight is 178 g/mol. The number of furan rings is 1. The number of hydrogen-bond donors (Lipinski definition) is 0. The molecule has 2 atom stereocenters. The lowest BCUT2D eigenvalue weighted by Gasteiger charge is -2.08. The molecule has 0 unspecified atom stereocenters. The summed E-state index contributed by atoms with van der Waals surface area (Å²) < 4.78 is 5.19. The minimum absolute atomic E-state index is 0.0278. The van der Waals surface area contributed by atoms with Gasteiger partial charge in [-0.3, -0.25) is 4.79 Å². The zero-order valence-corrected chi connectivity index (χ0v) is 7.10. The second-order valence-corrected chi connectivity index (χ2v) is 3.37. The summed E-state index contributed by atoms with van der Waals surface area (Å²) in [6.07, 6.45) is 3.24. The lowest BCUT2D eigenvalue weighted by Crippen LogP contribution is -2.05. The van der Waals surface area contributed by atoms with Gasteiger partial charge in [-0.05, 0) is 12.1 Å². The molecule has 0 aromatic carbocycles. The Kier molecular flexibility index (Phi) is 2.00.